The molecule has 23 heavy (non-hydrogen) atoms. The largest absolute Gasteiger partial charge is 0.483 e. The second-order valence-electron chi connectivity index (χ2n) is 7.87. The number of carbonyl (C=O) groups is 1. The lowest BCUT2D eigenvalue weighted by molar-refractivity contribution is -0.123. The maximum atomic E-state index is 12.1. The number of para-hydroxylation sites is 1. The maximum absolute atomic E-state index is 12.1. The lowest BCUT2D eigenvalue weighted by Gasteiger charge is -2.34. The molecule has 0 atom stereocenters. The number of ether oxygens (including phenoxy) is 1. The third-order valence-electron chi connectivity index (χ3n) is 4.58. The average Bonchev–Trinajstić information content (AvgIpc) is 2.51. The third kappa shape index (κ3) is 5.24. The lowest BCUT2D eigenvalue weighted by atomic mass is 9.81. The minimum absolute atomic E-state index is 0.00432. The molecule has 0 aromatic heterocycles. The minimum atomic E-state index is -0.0477. The van der Waals surface area contributed by atoms with Crippen molar-refractivity contribution in [1.82, 2.24) is 10.6 Å². The molecular formula is C19H30N2O2. The molecule has 1 aromatic rings. The molecule has 0 radical (unpaired) electrons. The highest BCUT2D eigenvalue weighted by Gasteiger charge is 2.27. The number of hydrogen-bond donors (Lipinski definition) is 2. The summed E-state index contributed by atoms with van der Waals surface area (Å²) in [4.78, 5) is 12.1. The first kappa shape index (κ1) is 17.8. The van der Waals surface area contributed by atoms with Crippen LogP contribution >= 0.6 is 0 Å². The highest BCUT2D eigenvalue weighted by molar-refractivity contribution is 5.77. The zero-order valence-electron chi connectivity index (χ0n) is 14.9. The van der Waals surface area contributed by atoms with Gasteiger partial charge in [-0.15, -0.1) is 0 Å². The van der Waals surface area contributed by atoms with Crippen LogP contribution in [0.5, 0.6) is 5.75 Å². The highest BCUT2D eigenvalue weighted by Crippen LogP contribution is 2.31. The summed E-state index contributed by atoms with van der Waals surface area (Å²) in [6.45, 7) is 11.5. The van der Waals surface area contributed by atoms with Gasteiger partial charge in [0.25, 0.3) is 5.91 Å². The van der Waals surface area contributed by atoms with E-state index in [0.717, 1.165) is 43.8 Å². The van der Waals surface area contributed by atoms with Gasteiger partial charge in [0.05, 0.1) is 0 Å². The van der Waals surface area contributed by atoms with Gasteiger partial charge in [0, 0.05) is 6.54 Å². The van der Waals surface area contributed by atoms with Crippen LogP contribution in [-0.2, 0) is 10.2 Å². The van der Waals surface area contributed by atoms with Crippen LogP contribution in [0.25, 0.3) is 0 Å². The number of amides is 1. The van der Waals surface area contributed by atoms with Crippen molar-refractivity contribution in [2.75, 3.05) is 26.2 Å². The summed E-state index contributed by atoms with van der Waals surface area (Å²) in [6, 6.07) is 7.94. The summed E-state index contributed by atoms with van der Waals surface area (Å²) in [6.07, 6.45) is 2.20. The van der Waals surface area contributed by atoms with Gasteiger partial charge < -0.3 is 15.4 Å². The predicted octanol–water partition coefficient (Wildman–Crippen LogP) is 2.87. The number of benzene rings is 1. The third-order valence-corrected chi connectivity index (χ3v) is 4.58. The van der Waals surface area contributed by atoms with Crippen molar-refractivity contribution >= 4 is 5.91 Å². The zero-order valence-corrected chi connectivity index (χ0v) is 14.9. The SMILES string of the molecule is CC1(CNC(=O)COc2ccccc2C(C)(C)C)CCNCC1. The van der Waals surface area contributed by atoms with Gasteiger partial charge >= 0.3 is 0 Å². The van der Waals surface area contributed by atoms with E-state index < -0.39 is 0 Å². The Kier molecular flexibility index (Phi) is 5.69. The fraction of sp³-hybridized carbons (Fsp3) is 0.632. The molecular weight excluding hydrogens is 288 g/mol. The molecule has 4 heteroatoms. The summed E-state index contributed by atoms with van der Waals surface area (Å²) >= 11 is 0. The molecule has 2 N–H and O–H groups in total. The standard InChI is InChI=1S/C19H30N2O2/c1-18(2,3)15-7-5-6-8-16(15)23-13-17(22)21-14-19(4)9-11-20-12-10-19/h5-8,20H,9-14H2,1-4H3,(H,21,22). The van der Waals surface area contributed by atoms with Crippen molar-refractivity contribution in [2.45, 2.75) is 46.0 Å². The number of piperidine rings is 1. The average molecular weight is 318 g/mol. The molecule has 1 aromatic carbocycles. The number of carbonyl (C=O) groups excluding carboxylic acids is 1. The van der Waals surface area contributed by atoms with E-state index in [2.05, 4.69) is 44.4 Å². The molecule has 1 aliphatic heterocycles. The smallest absolute Gasteiger partial charge is 0.257 e. The van der Waals surface area contributed by atoms with Crippen molar-refractivity contribution in [3.05, 3.63) is 29.8 Å². The van der Waals surface area contributed by atoms with Crippen molar-refractivity contribution in [3.63, 3.8) is 0 Å². The van der Waals surface area contributed by atoms with Gasteiger partial charge in [-0.05, 0) is 48.4 Å². The first-order valence-electron chi connectivity index (χ1n) is 8.50. The first-order valence-corrected chi connectivity index (χ1v) is 8.50. The maximum Gasteiger partial charge on any atom is 0.257 e. The lowest BCUT2D eigenvalue weighted by Crippen LogP contribution is -2.44. The van der Waals surface area contributed by atoms with E-state index in [1.165, 1.54) is 0 Å². The molecule has 1 heterocycles. The molecule has 0 spiro atoms. The van der Waals surface area contributed by atoms with E-state index in [4.69, 9.17) is 4.74 Å². The molecule has 1 saturated heterocycles. The van der Waals surface area contributed by atoms with E-state index >= 15 is 0 Å². The first-order chi connectivity index (χ1) is 10.8. The monoisotopic (exact) mass is 318 g/mol. The molecule has 1 fully saturated rings. The molecule has 0 aliphatic carbocycles. The minimum Gasteiger partial charge on any atom is -0.483 e. The Hall–Kier alpha value is -1.55. The highest BCUT2D eigenvalue weighted by atomic mass is 16.5. The van der Waals surface area contributed by atoms with E-state index in [-0.39, 0.29) is 23.3 Å². The molecule has 0 bridgehead atoms. The van der Waals surface area contributed by atoms with Crippen molar-refractivity contribution in [2.24, 2.45) is 5.41 Å². The van der Waals surface area contributed by atoms with Crippen molar-refractivity contribution < 1.29 is 9.53 Å². The Morgan fingerprint density at radius 1 is 1.26 bits per heavy atom. The molecule has 0 saturated carbocycles. The van der Waals surface area contributed by atoms with E-state index in [0.29, 0.717) is 0 Å². The van der Waals surface area contributed by atoms with Crippen LogP contribution < -0.4 is 15.4 Å². The number of nitrogens with one attached hydrogen (secondary N) is 2. The Morgan fingerprint density at radius 3 is 2.57 bits per heavy atom. The van der Waals surface area contributed by atoms with Gasteiger partial charge in [-0.2, -0.15) is 0 Å². The Bertz CT molecular complexity index is 528. The zero-order chi connectivity index (χ0) is 16.9. The van der Waals surface area contributed by atoms with Gasteiger partial charge in [0.1, 0.15) is 5.75 Å². The second kappa shape index (κ2) is 7.35. The Balaban J connectivity index is 1.85. The second-order valence-corrected chi connectivity index (χ2v) is 7.87. The van der Waals surface area contributed by atoms with Crippen LogP contribution in [0.15, 0.2) is 24.3 Å². The number of rotatable bonds is 5. The molecule has 1 amide bonds. The van der Waals surface area contributed by atoms with Crippen LogP contribution in [0.4, 0.5) is 0 Å². The van der Waals surface area contributed by atoms with Crippen LogP contribution in [0.2, 0.25) is 0 Å². The summed E-state index contributed by atoms with van der Waals surface area (Å²) in [7, 11) is 0. The van der Waals surface area contributed by atoms with Gasteiger partial charge in [-0.25, -0.2) is 0 Å². The molecule has 4 nitrogen and oxygen atoms in total. The molecule has 128 valence electrons. The normalized spacial score (nSPS) is 17.6. The number of hydrogen-bond acceptors (Lipinski definition) is 3. The van der Waals surface area contributed by atoms with Crippen LogP contribution in [-0.4, -0.2) is 32.1 Å². The van der Waals surface area contributed by atoms with Crippen LogP contribution in [0.1, 0.15) is 46.1 Å². The van der Waals surface area contributed by atoms with Gasteiger partial charge in [0.15, 0.2) is 6.61 Å². The molecule has 1 aliphatic rings. The van der Waals surface area contributed by atoms with E-state index in [9.17, 15) is 4.79 Å². The van der Waals surface area contributed by atoms with Crippen LogP contribution in [0.3, 0.4) is 0 Å². The van der Waals surface area contributed by atoms with E-state index in [1.807, 2.05) is 18.2 Å². The fourth-order valence-electron chi connectivity index (χ4n) is 2.93. The topological polar surface area (TPSA) is 50.4 Å². The summed E-state index contributed by atoms with van der Waals surface area (Å²) < 4.78 is 5.77. The summed E-state index contributed by atoms with van der Waals surface area (Å²) in [5, 5.41) is 6.39. The summed E-state index contributed by atoms with van der Waals surface area (Å²) in [5.74, 6) is 0.747. The van der Waals surface area contributed by atoms with Gasteiger partial charge in [-0.3, -0.25) is 4.79 Å². The van der Waals surface area contributed by atoms with Gasteiger partial charge in [0.2, 0.25) is 0 Å². The molecule has 2 rings (SSSR count). The van der Waals surface area contributed by atoms with Crippen molar-refractivity contribution in [1.29, 1.82) is 0 Å². The Morgan fingerprint density at radius 2 is 1.91 bits per heavy atom. The quantitative estimate of drug-likeness (QED) is 0.878. The predicted molar refractivity (Wildman–Crippen MR) is 93.9 cm³/mol. The van der Waals surface area contributed by atoms with Crippen molar-refractivity contribution in [3.8, 4) is 5.75 Å². The van der Waals surface area contributed by atoms with E-state index in [1.54, 1.807) is 0 Å². The summed E-state index contributed by atoms with van der Waals surface area (Å²) in [5.41, 5.74) is 1.32. The molecule has 0 unspecified atom stereocenters. The fourth-order valence-corrected chi connectivity index (χ4v) is 2.93. The Labute approximate surface area is 140 Å². The van der Waals surface area contributed by atoms with Crippen LogP contribution in [0, 0.1) is 5.41 Å². The van der Waals surface area contributed by atoms with Gasteiger partial charge in [-0.1, -0.05) is 45.9 Å².